The molecule has 0 amide bonds. The molecule has 2 aromatic rings. The summed E-state index contributed by atoms with van der Waals surface area (Å²) in [4.78, 5) is 7.12. The number of thioether (sulfide) groups is 1. The molecule has 19 heavy (non-hydrogen) atoms. The van der Waals surface area contributed by atoms with Gasteiger partial charge in [-0.3, -0.25) is 0 Å². The molecule has 0 unspecified atom stereocenters. The summed E-state index contributed by atoms with van der Waals surface area (Å²) < 4.78 is 0. The van der Waals surface area contributed by atoms with E-state index in [9.17, 15) is 0 Å². The van der Waals surface area contributed by atoms with E-state index in [-0.39, 0.29) is 0 Å². The average molecular weight is 292 g/mol. The summed E-state index contributed by atoms with van der Waals surface area (Å²) >= 11 is 3.66. The zero-order valence-electron chi connectivity index (χ0n) is 11.5. The lowest BCUT2D eigenvalue weighted by Crippen LogP contribution is -2.12. The number of rotatable bonds is 7. The van der Waals surface area contributed by atoms with Gasteiger partial charge in [0.2, 0.25) is 0 Å². The summed E-state index contributed by atoms with van der Waals surface area (Å²) in [5, 5.41) is 4.62. The topological polar surface area (TPSA) is 24.9 Å². The van der Waals surface area contributed by atoms with Crippen LogP contribution in [0.1, 0.15) is 28.8 Å². The molecule has 0 atom stereocenters. The van der Waals surface area contributed by atoms with Crippen molar-refractivity contribution in [3.63, 3.8) is 0 Å². The molecule has 0 aliphatic rings. The Bertz CT molecular complexity index is 491. The third kappa shape index (κ3) is 4.97. The van der Waals surface area contributed by atoms with Crippen LogP contribution in [0.5, 0.6) is 0 Å². The quantitative estimate of drug-likeness (QED) is 0.610. The van der Waals surface area contributed by atoms with Gasteiger partial charge in [0, 0.05) is 22.5 Å². The Labute approximate surface area is 123 Å². The van der Waals surface area contributed by atoms with Crippen molar-refractivity contribution in [1.82, 2.24) is 10.3 Å². The van der Waals surface area contributed by atoms with Gasteiger partial charge in [-0.2, -0.15) is 0 Å². The van der Waals surface area contributed by atoms with Crippen molar-refractivity contribution < 1.29 is 0 Å². The summed E-state index contributed by atoms with van der Waals surface area (Å²) in [6.45, 7) is 6.32. The minimum atomic E-state index is 0.945. The van der Waals surface area contributed by atoms with Gasteiger partial charge in [-0.15, -0.1) is 23.1 Å². The first-order valence-electron chi connectivity index (χ1n) is 6.61. The highest BCUT2D eigenvalue weighted by Gasteiger charge is 2.03. The zero-order valence-corrected chi connectivity index (χ0v) is 13.1. The van der Waals surface area contributed by atoms with Gasteiger partial charge in [0.25, 0.3) is 0 Å². The first-order chi connectivity index (χ1) is 9.28. The van der Waals surface area contributed by atoms with Crippen molar-refractivity contribution in [2.75, 3.05) is 6.54 Å². The van der Waals surface area contributed by atoms with Gasteiger partial charge in [0.1, 0.15) is 5.01 Å². The number of nitrogens with zero attached hydrogens (tertiary/aromatic N) is 1. The summed E-state index contributed by atoms with van der Waals surface area (Å²) in [6, 6.07) is 8.67. The van der Waals surface area contributed by atoms with Crippen molar-refractivity contribution >= 4 is 23.1 Å². The molecular weight excluding hydrogens is 272 g/mol. The van der Waals surface area contributed by atoms with E-state index < -0.39 is 0 Å². The second-order valence-electron chi connectivity index (χ2n) is 4.50. The molecule has 0 saturated heterocycles. The molecule has 0 saturated carbocycles. The highest BCUT2D eigenvalue weighted by Crippen LogP contribution is 2.25. The number of benzene rings is 1. The number of nitrogens with one attached hydrogen (secondary N) is 1. The van der Waals surface area contributed by atoms with E-state index in [4.69, 9.17) is 0 Å². The first kappa shape index (κ1) is 14.6. The van der Waals surface area contributed by atoms with Gasteiger partial charge < -0.3 is 5.32 Å². The van der Waals surface area contributed by atoms with Crippen LogP contribution in [0.4, 0.5) is 0 Å². The lowest BCUT2D eigenvalue weighted by molar-refractivity contribution is 0.681. The van der Waals surface area contributed by atoms with Crippen LogP contribution >= 0.6 is 23.1 Å². The molecule has 102 valence electrons. The minimum absolute atomic E-state index is 0.945. The normalized spacial score (nSPS) is 10.8. The third-order valence-electron chi connectivity index (χ3n) is 2.71. The second-order valence-corrected chi connectivity index (χ2v) is 6.75. The van der Waals surface area contributed by atoms with Crippen molar-refractivity contribution in [2.24, 2.45) is 0 Å². The third-order valence-corrected chi connectivity index (χ3v) is 4.91. The smallest absolute Gasteiger partial charge is 0.103 e. The number of hydrogen-bond donors (Lipinski definition) is 1. The number of aromatic nitrogens is 1. The molecule has 1 N–H and O–H groups in total. The highest BCUT2D eigenvalue weighted by atomic mass is 32.2. The maximum absolute atomic E-state index is 4.49. The Morgan fingerprint density at radius 2 is 2.05 bits per heavy atom. The van der Waals surface area contributed by atoms with Crippen LogP contribution in [-0.4, -0.2) is 11.5 Å². The van der Waals surface area contributed by atoms with Crippen LogP contribution in [0.25, 0.3) is 0 Å². The van der Waals surface area contributed by atoms with Crippen LogP contribution in [0.2, 0.25) is 0 Å². The molecule has 2 nitrogen and oxygen atoms in total. The largest absolute Gasteiger partial charge is 0.312 e. The van der Waals surface area contributed by atoms with E-state index in [1.807, 2.05) is 29.3 Å². The molecule has 0 aliphatic heterocycles. The maximum atomic E-state index is 4.49. The van der Waals surface area contributed by atoms with Crippen LogP contribution in [0.15, 0.2) is 35.4 Å². The fraction of sp³-hybridized carbons (Fsp3) is 0.400. The standard InChI is InChI=1S/C15H20N2S2/c1-3-8-16-9-14-10-17-15(19-14)11-18-13-6-4-12(2)5-7-13/h4-7,10,16H,3,8-9,11H2,1-2H3. The molecule has 1 aromatic heterocycles. The van der Waals surface area contributed by atoms with Crippen molar-refractivity contribution in [1.29, 1.82) is 0 Å². The summed E-state index contributed by atoms with van der Waals surface area (Å²) in [7, 11) is 0. The lowest BCUT2D eigenvalue weighted by Gasteiger charge is -2.00. The van der Waals surface area contributed by atoms with Crippen LogP contribution in [0.3, 0.4) is 0 Å². The van der Waals surface area contributed by atoms with E-state index >= 15 is 0 Å². The van der Waals surface area contributed by atoms with Crippen molar-refractivity contribution in [3.05, 3.63) is 45.9 Å². The Morgan fingerprint density at radius 3 is 2.79 bits per heavy atom. The monoisotopic (exact) mass is 292 g/mol. The molecule has 0 spiro atoms. The van der Waals surface area contributed by atoms with Crippen LogP contribution in [0, 0.1) is 6.92 Å². The molecule has 0 radical (unpaired) electrons. The molecule has 0 aliphatic carbocycles. The predicted molar refractivity (Wildman–Crippen MR) is 84.9 cm³/mol. The van der Waals surface area contributed by atoms with E-state index in [0.717, 1.165) is 18.8 Å². The maximum Gasteiger partial charge on any atom is 0.103 e. The van der Waals surface area contributed by atoms with Gasteiger partial charge in [0.15, 0.2) is 0 Å². The molecule has 0 bridgehead atoms. The Morgan fingerprint density at radius 1 is 1.26 bits per heavy atom. The Balaban J connectivity index is 1.81. The Kier molecular flexibility index (Phi) is 5.89. The fourth-order valence-electron chi connectivity index (χ4n) is 1.66. The summed E-state index contributed by atoms with van der Waals surface area (Å²) in [5.41, 5.74) is 1.31. The second kappa shape index (κ2) is 7.68. The molecule has 1 heterocycles. The fourth-order valence-corrected chi connectivity index (χ4v) is 3.46. The van der Waals surface area contributed by atoms with Crippen molar-refractivity contribution in [2.45, 2.75) is 37.5 Å². The van der Waals surface area contributed by atoms with Gasteiger partial charge in [-0.1, -0.05) is 24.6 Å². The van der Waals surface area contributed by atoms with E-state index in [1.54, 1.807) is 0 Å². The average Bonchev–Trinajstić information content (AvgIpc) is 2.86. The highest BCUT2D eigenvalue weighted by molar-refractivity contribution is 7.98. The number of aryl methyl sites for hydroxylation is 1. The van der Waals surface area contributed by atoms with Crippen molar-refractivity contribution in [3.8, 4) is 0 Å². The number of thiazole rings is 1. The van der Waals surface area contributed by atoms with Crippen LogP contribution < -0.4 is 5.32 Å². The van der Waals surface area contributed by atoms with E-state index in [1.165, 1.54) is 26.8 Å². The molecule has 2 rings (SSSR count). The zero-order chi connectivity index (χ0) is 13.5. The number of hydrogen-bond acceptors (Lipinski definition) is 4. The van der Waals surface area contributed by atoms with Crippen LogP contribution in [-0.2, 0) is 12.3 Å². The van der Waals surface area contributed by atoms with E-state index in [2.05, 4.69) is 48.4 Å². The first-order valence-corrected chi connectivity index (χ1v) is 8.42. The molecular formula is C15H20N2S2. The summed E-state index contributed by atoms with van der Waals surface area (Å²) in [6.07, 6.45) is 3.17. The predicted octanol–water partition coefficient (Wildman–Crippen LogP) is 4.24. The molecule has 4 heteroatoms. The SMILES string of the molecule is CCCNCc1cnc(CSc2ccc(C)cc2)s1. The molecule has 0 fully saturated rings. The van der Waals surface area contributed by atoms with Gasteiger partial charge in [-0.05, 0) is 32.0 Å². The van der Waals surface area contributed by atoms with Gasteiger partial charge in [-0.25, -0.2) is 4.98 Å². The lowest BCUT2D eigenvalue weighted by atomic mass is 10.2. The summed E-state index contributed by atoms with van der Waals surface area (Å²) in [5.74, 6) is 0.960. The minimum Gasteiger partial charge on any atom is -0.312 e. The van der Waals surface area contributed by atoms with Gasteiger partial charge >= 0.3 is 0 Å². The molecule has 1 aromatic carbocycles. The Hall–Kier alpha value is -0.840. The van der Waals surface area contributed by atoms with Gasteiger partial charge in [0.05, 0.1) is 5.75 Å². The van der Waals surface area contributed by atoms with E-state index in [0.29, 0.717) is 0 Å².